The molecule has 2 heterocycles. The zero-order valence-electron chi connectivity index (χ0n) is 19.9. The van der Waals surface area contributed by atoms with E-state index in [0.29, 0.717) is 56.2 Å². The smallest absolute Gasteiger partial charge is 0.257 e. The summed E-state index contributed by atoms with van der Waals surface area (Å²) < 4.78 is 17.1. The number of fused-ring (bicyclic) bond motifs is 1. The van der Waals surface area contributed by atoms with Gasteiger partial charge in [0.05, 0.1) is 11.7 Å². The van der Waals surface area contributed by atoms with Gasteiger partial charge in [0.15, 0.2) is 0 Å². The van der Waals surface area contributed by atoms with Gasteiger partial charge in [0, 0.05) is 58.1 Å². The van der Waals surface area contributed by atoms with Gasteiger partial charge in [0.1, 0.15) is 12.4 Å². The van der Waals surface area contributed by atoms with E-state index in [9.17, 15) is 9.59 Å². The van der Waals surface area contributed by atoms with Crippen molar-refractivity contribution in [3.63, 3.8) is 0 Å². The predicted molar refractivity (Wildman–Crippen MR) is 123 cm³/mol. The van der Waals surface area contributed by atoms with Gasteiger partial charge in [-0.05, 0) is 50.9 Å². The summed E-state index contributed by atoms with van der Waals surface area (Å²) in [6.07, 6.45) is 1.34. The number of nitrogens with zero attached hydrogens (tertiary/aromatic N) is 2. The Morgan fingerprint density at radius 2 is 1.88 bits per heavy atom. The summed E-state index contributed by atoms with van der Waals surface area (Å²) in [7, 11) is 5.54. The maximum absolute atomic E-state index is 13.4. The van der Waals surface area contributed by atoms with Gasteiger partial charge in [-0.1, -0.05) is 6.92 Å². The van der Waals surface area contributed by atoms with Gasteiger partial charge in [-0.3, -0.25) is 14.5 Å². The minimum Gasteiger partial charge on any atom is -0.491 e. The average molecular weight is 448 g/mol. The molecule has 2 aliphatic rings. The zero-order chi connectivity index (χ0) is 23.3. The molecule has 0 bridgehead atoms. The van der Waals surface area contributed by atoms with Crippen molar-refractivity contribution < 1.29 is 23.8 Å². The van der Waals surface area contributed by atoms with E-state index in [2.05, 4.69) is 31.1 Å². The molecule has 3 atom stereocenters. The number of hydrogen-bond acceptors (Lipinski definition) is 6. The van der Waals surface area contributed by atoms with Gasteiger partial charge in [-0.15, -0.1) is 0 Å². The maximum atomic E-state index is 13.4. The third kappa shape index (κ3) is 5.99. The monoisotopic (exact) mass is 447 g/mol. The quantitative estimate of drug-likeness (QED) is 0.767. The van der Waals surface area contributed by atoms with E-state index in [0.717, 1.165) is 6.54 Å². The standard InChI is InChI=1S/C24H37N3O5/c1-16-13-26(3)17(2)15-32-21-7-6-19(25-23(28)18-8-10-31-11-9-18)12-20(21)24(29)27(4)14-22(16)30-5/h6-7,12,16-18,22H,8-11,13-15H2,1-5H3,(H,25,28)/t16-,17+,22-/m1/s1. The molecule has 8 heteroatoms. The number of rotatable bonds is 3. The lowest BCUT2D eigenvalue weighted by atomic mass is 9.99. The first-order chi connectivity index (χ1) is 15.3. The van der Waals surface area contributed by atoms with Crippen LogP contribution in [-0.2, 0) is 14.3 Å². The lowest BCUT2D eigenvalue weighted by Crippen LogP contribution is -2.45. The average Bonchev–Trinajstić information content (AvgIpc) is 2.80. The molecule has 2 aliphatic heterocycles. The third-order valence-corrected chi connectivity index (χ3v) is 6.62. The molecule has 178 valence electrons. The molecule has 2 amide bonds. The number of carbonyl (C=O) groups is 2. The third-order valence-electron chi connectivity index (χ3n) is 6.62. The van der Waals surface area contributed by atoms with Crippen molar-refractivity contribution in [2.45, 2.75) is 38.8 Å². The van der Waals surface area contributed by atoms with E-state index in [1.807, 2.05) is 0 Å². The molecular weight excluding hydrogens is 410 g/mol. The number of nitrogens with one attached hydrogen (secondary N) is 1. The van der Waals surface area contributed by atoms with Crippen molar-refractivity contribution in [3.8, 4) is 5.75 Å². The molecule has 0 aromatic heterocycles. The Hall–Kier alpha value is -2.16. The van der Waals surface area contributed by atoms with E-state index >= 15 is 0 Å². The highest BCUT2D eigenvalue weighted by molar-refractivity contribution is 5.99. The van der Waals surface area contributed by atoms with E-state index in [4.69, 9.17) is 14.2 Å². The van der Waals surface area contributed by atoms with Crippen molar-refractivity contribution in [3.05, 3.63) is 23.8 Å². The van der Waals surface area contributed by atoms with Crippen LogP contribution in [-0.4, -0.2) is 87.9 Å². The minimum absolute atomic E-state index is 0.0355. The molecule has 0 spiro atoms. The van der Waals surface area contributed by atoms with Crippen LogP contribution in [0.15, 0.2) is 18.2 Å². The van der Waals surface area contributed by atoms with Crippen LogP contribution < -0.4 is 10.1 Å². The Morgan fingerprint density at radius 1 is 1.16 bits per heavy atom. The number of likely N-dealkylation sites (N-methyl/N-ethyl adjacent to an activating group) is 2. The highest BCUT2D eigenvalue weighted by Gasteiger charge is 2.28. The SMILES string of the molecule is CO[C@@H]1CN(C)C(=O)c2cc(NC(=O)C3CCOCC3)ccc2OC[C@H](C)N(C)C[C@H]1C. The van der Waals surface area contributed by atoms with E-state index in [1.54, 1.807) is 37.3 Å². The Kier molecular flexibility index (Phi) is 8.51. The molecule has 3 rings (SSSR count). The molecule has 0 aliphatic carbocycles. The highest BCUT2D eigenvalue weighted by atomic mass is 16.5. The van der Waals surface area contributed by atoms with Crippen molar-refractivity contribution in [1.29, 1.82) is 0 Å². The second-order valence-corrected chi connectivity index (χ2v) is 9.12. The van der Waals surface area contributed by atoms with Crippen molar-refractivity contribution >= 4 is 17.5 Å². The summed E-state index contributed by atoms with van der Waals surface area (Å²) >= 11 is 0. The highest BCUT2D eigenvalue weighted by Crippen LogP contribution is 2.27. The van der Waals surface area contributed by atoms with Gasteiger partial charge in [0.25, 0.3) is 5.91 Å². The minimum atomic E-state index is -0.155. The Labute approximate surface area is 191 Å². The first-order valence-electron chi connectivity index (χ1n) is 11.4. The molecule has 1 aromatic rings. The fraction of sp³-hybridized carbons (Fsp3) is 0.667. The van der Waals surface area contributed by atoms with Gasteiger partial charge >= 0.3 is 0 Å². The summed E-state index contributed by atoms with van der Waals surface area (Å²) in [5, 5.41) is 2.97. The van der Waals surface area contributed by atoms with Crippen LogP contribution in [0.5, 0.6) is 5.75 Å². The largest absolute Gasteiger partial charge is 0.491 e. The Balaban J connectivity index is 1.86. The number of carbonyl (C=O) groups excluding carboxylic acids is 2. The number of anilines is 1. The summed E-state index contributed by atoms with van der Waals surface area (Å²) in [4.78, 5) is 29.9. The van der Waals surface area contributed by atoms with Crippen molar-refractivity contribution in [2.75, 3.05) is 59.4 Å². The molecule has 1 saturated heterocycles. The molecule has 0 saturated carbocycles. The summed E-state index contributed by atoms with van der Waals surface area (Å²) in [6, 6.07) is 5.46. The topological polar surface area (TPSA) is 80.3 Å². The Morgan fingerprint density at radius 3 is 2.56 bits per heavy atom. The maximum Gasteiger partial charge on any atom is 0.257 e. The number of hydrogen-bond donors (Lipinski definition) is 1. The fourth-order valence-corrected chi connectivity index (χ4v) is 4.24. The summed E-state index contributed by atoms with van der Waals surface area (Å²) in [5.74, 6) is 0.504. The number of benzene rings is 1. The van der Waals surface area contributed by atoms with Gasteiger partial charge in [-0.25, -0.2) is 0 Å². The van der Waals surface area contributed by atoms with E-state index in [-0.39, 0.29) is 35.8 Å². The van der Waals surface area contributed by atoms with Crippen LogP contribution in [0.4, 0.5) is 5.69 Å². The lowest BCUT2D eigenvalue weighted by molar-refractivity contribution is -0.122. The molecule has 32 heavy (non-hydrogen) atoms. The second kappa shape index (κ2) is 11.1. The Bertz CT molecular complexity index is 796. The normalized spacial score (nSPS) is 26.5. The zero-order valence-corrected chi connectivity index (χ0v) is 19.9. The first kappa shape index (κ1) is 24.5. The number of amides is 2. The van der Waals surface area contributed by atoms with Crippen LogP contribution in [0, 0.1) is 11.8 Å². The molecule has 8 nitrogen and oxygen atoms in total. The summed E-state index contributed by atoms with van der Waals surface area (Å²) in [5.41, 5.74) is 1.04. The van der Waals surface area contributed by atoms with Crippen molar-refractivity contribution in [1.82, 2.24) is 9.80 Å². The molecule has 0 radical (unpaired) electrons. The van der Waals surface area contributed by atoms with Crippen LogP contribution in [0.2, 0.25) is 0 Å². The second-order valence-electron chi connectivity index (χ2n) is 9.12. The van der Waals surface area contributed by atoms with Crippen LogP contribution in [0.25, 0.3) is 0 Å². The van der Waals surface area contributed by atoms with Crippen molar-refractivity contribution in [2.24, 2.45) is 11.8 Å². The number of ether oxygens (including phenoxy) is 3. The fourth-order valence-electron chi connectivity index (χ4n) is 4.24. The van der Waals surface area contributed by atoms with Gasteiger partial charge < -0.3 is 24.4 Å². The lowest BCUT2D eigenvalue weighted by Gasteiger charge is -2.34. The van der Waals surface area contributed by atoms with Gasteiger partial charge in [0.2, 0.25) is 5.91 Å². The van der Waals surface area contributed by atoms with Gasteiger partial charge in [-0.2, -0.15) is 0 Å². The summed E-state index contributed by atoms with van der Waals surface area (Å²) in [6.45, 7) is 7.22. The molecule has 0 unspecified atom stereocenters. The van der Waals surface area contributed by atoms with E-state index < -0.39 is 0 Å². The number of methoxy groups -OCH3 is 1. The molecular formula is C24H37N3O5. The van der Waals surface area contributed by atoms with Crippen LogP contribution in [0.1, 0.15) is 37.0 Å². The van der Waals surface area contributed by atoms with E-state index in [1.165, 1.54) is 0 Å². The molecule has 1 aromatic carbocycles. The van der Waals surface area contributed by atoms with Crippen LogP contribution in [0.3, 0.4) is 0 Å². The van der Waals surface area contributed by atoms with Crippen LogP contribution >= 0.6 is 0 Å². The first-order valence-corrected chi connectivity index (χ1v) is 11.4. The molecule has 1 N–H and O–H groups in total. The predicted octanol–water partition coefficient (Wildman–Crippen LogP) is 2.49. The molecule has 1 fully saturated rings.